The average molecular weight is 250 g/mol. The molecule has 0 atom stereocenters. The zero-order chi connectivity index (χ0) is 12.1. The van der Waals surface area contributed by atoms with Crippen LogP contribution in [0.4, 0.5) is 5.95 Å². The first-order chi connectivity index (χ1) is 8.28. The Labute approximate surface area is 104 Å². The highest BCUT2D eigenvalue weighted by Crippen LogP contribution is 2.12. The van der Waals surface area contributed by atoms with Crippen LogP contribution in [0, 0.1) is 6.92 Å². The molecule has 0 saturated heterocycles. The van der Waals surface area contributed by atoms with Crippen molar-refractivity contribution in [1.29, 1.82) is 0 Å². The number of ether oxygens (including phenoxy) is 1. The van der Waals surface area contributed by atoms with E-state index in [1.54, 1.807) is 16.8 Å². The fourth-order valence-corrected chi connectivity index (χ4v) is 1.89. The maximum atomic E-state index is 5.36. The molecule has 90 valence electrons. The van der Waals surface area contributed by atoms with Gasteiger partial charge in [-0.05, 0) is 13.8 Å². The number of rotatable bonds is 5. The SMILES string of the molecule is CCOc1cc(C)nc(NCc2cscn2)n1. The summed E-state index contributed by atoms with van der Waals surface area (Å²) in [7, 11) is 0. The summed E-state index contributed by atoms with van der Waals surface area (Å²) in [6.07, 6.45) is 0. The first-order valence-electron chi connectivity index (χ1n) is 5.37. The fourth-order valence-electron chi connectivity index (χ4n) is 1.33. The zero-order valence-electron chi connectivity index (χ0n) is 9.80. The molecule has 6 heteroatoms. The molecule has 2 aromatic rings. The molecule has 0 aromatic carbocycles. The average Bonchev–Trinajstić information content (AvgIpc) is 2.79. The lowest BCUT2D eigenvalue weighted by molar-refractivity contribution is 0.326. The fraction of sp³-hybridized carbons (Fsp3) is 0.364. The van der Waals surface area contributed by atoms with Crippen LogP contribution in [0.3, 0.4) is 0 Å². The largest absolute Gasteiger partial charge is 0.478 e. The Morgan fingerprint density at radius 1 is 1.41 bits per heavy atom. The van der Waals surface area contributed by atoms with E-state index < -0.39 is 0 Å². The van der Waals surface area contributed by atoms with Crippen molar-refractivity contribution in [2.75, 3.05) is 11.9 Å². The molecule has 0 aliphatic heterocycles. The van der Waals surface area contributed by atoms with E-state index in [0.29, 0.717) is 25.0 Å². The Morgan fingerprint density at radius 3 is 3.00 bits per heavy atom. The lowest BCUT2D eigenvalue weighted by atomic mass is 10.4. The standard InChI is InChI=1S/C11H14N4OS/c1-3-16-10-4-8(2)14-11(15-10)12-5-9-6-17-7-13-9/h4,6-7H,3,5H2,1-2H3,(H,12,14,15). The molecular formula is C11H14N4OS. The summed E-state index contributed by atoms with van der Waals surface area (Å²) < 4.78 is 5.36. The van der Waals surface area contributed by atoms with Crippen molar-refractivity contribution >= 4 is 17.3 Å². The predicted octanol–water partition coefficient (Wildman–Crippen LogP) is 2.25. The molecule has 0 unspecified atom stereocenters. The van der Waals surface area contributed by atoms with Crippen LogP contribution < -0.4 is 10.1 Å². The summed E-state index contributed by atoms with van der Waals surface area (Å²) in [5, 5.41) is 5.12. The van der Waals surface area contributed by atoms with E-state index in [1.807, 2.05) is 25.3 Å². The first-order valence-corrected chi connectivity index (χ1v) is 6.31. The molecule has 1 N–H and O–H groups in total. The van der Waals surface area contributed by atoms with Crippen molar-refractivity contribution < 1.29 is 4.74 Å². The van der Waals surface area contributed by atoms with Crippen molar-refractivity contribution in [2.45, 2.75) is 20.4 Å². The van der Waals surface area contributed by atoms with E-state index in [9.17, 15) is 0 Å². The number of hydrogen-bond acceptors (Lipinski definition) is 6. The van der Waals surface area contributed by atoms with Crippen molar-refractivity contribution in [3.63, 3.8) is 0 Å². The Balaban J connectivity index is 2.04. The Bertz CT molecular complexity index is 472. The molecular weight excluding hydrogens is 236 g/mol. The quantitative estimate of drug-likeness (QED) is 0.882. The molecule has 5 nitrogen and oxygen atoms in total. The van der Waals surface area contributed by atoms with Crippen LogP contribution in [0.1, 0.15) is 18.3 Å². The molecule has 2 heterocycles. The molecule has 2 aromatic heterocycles. The van der Waals surface area contributed by atoms with Gasteiger partial charge in [0.25, 0.3) is 0 Å². The minimum absolute atomic E-state index is 0.571. The van der Waals surface area contributed by atoms with Gasteiger partial charge in [0.2, 0.25) is 11.8 Å². The van der Waals surface area contributed by atoms with Gasteiger partial charge in [0.15, 0.2) is 0 Å². The second-order valence-corrected chi connectivity index (χ2v) is 4.16. The molecule has 0 bridgehead atoms. The minimum atomic E-state index is 0.571. The summed E-state index contributed by atoms with van der Waals surface area (Å²) in [4.78, 5) is 12.7. The van der Waals surface area contributed by atoms with Crippen LogP contribution in [0.15, 0.2) is 17.0 Å². The minimum Gasteiger partial charge on any atom is -0.478 e. The summed E-state index contributed by atoms with van der Waals surface area (Å²) in [5.41, 5.74) is 3.67. The molecule has 0 saturated carbocycles. The topological polar surface area (TPSA) is 59.9 Å². The smallest absolute Gasteiger partial charge is 0.226 e. The third kappa shape index (κ3) is 3.39. The number of aryl methyl sites for hydroxylation is 1. The van der Waals surface area contributed by atoms with Crippen LogP contribution in [-0.2, 0) is 6.54 Å². The molecule has 2 rings (SSSR count). The molecule has 0 spiro atoms. The zero-order valence-corrected chi connectivity index (χ0v) is 10.6. The first kappa shape index (κ1) is 11.8. The van der Waals surface area contributed by atoms with Gasteiger partial charge < -0.3 is 10.1 Å². The number of hydrogen-bond donors (Lipinski definition) is 1. The highest BCUT2D eigenvalue weighted by molar-refractivity contribution is 7.07. The number of anilines is 1. The summed E-state index contributed by atoms with van der Waals surface area (Å²) >= 11 is 1.57. The van der Waals surface area contributed by atoms with E-state index >= 15 is 0 Å². The predicted molar refractivity (Wildman–Crippen MR) is 67.4 cm³/mol. The summed E-state index contributed by atoms with van der Waals surface area (Å²) in [6, 6.07) is 1.82. The lowest BCUT2D eigenvalue weighted by Crippen LogP contribution is -2.06. The second-order valence-electron chi connectivity index (χ2n) is 3.44. The van der Waals surface area contributed by atoms with Crippen LogP contribution in [-0.4, -0.2) is 21.6 Å². The number of nitrogens with zero attached hydrogens (tertiary/aromatic N) is 3. The van der Waals surface area contributed by atoms with Crippen LogP contribution >= 0.6 is 11.3 Å². The van der Waals surface area contributed by atoms with E-state index in [0.717, 1.165) is 11.4 Å². The van der Waals surface area contributed by atoms with Gasteiger partial charge in [0, 0.05) is 17.1 Å². The maximum absolute atomic E-state index is 5.36. The third-order valence-electron chi connectivity index (χ3n) is 2.03. The number of nitrogens with one attached hydrogen (secondary N) is 1. The lowest BCUT2D eigenvalue weighted by Gasteiger charge is -2.07. The summed E-state index contributed by atoms with van der Waals surface area (Å²) in [6.45, 7) is 5.07. The van der Waals surface area contributed by atoms with E-state index in [1.165, 1.54) is 0 Å². The van der Waals surface area contributed by atoms with Crippen LogP contribution in [0.25, 0.3) is 0 Å². The van der Waals surface area contributed by atoms with Crippen molar-refractivity contribution in [2.24, 2.45) is 0 Å². The highest BCUT2D eigenvalue weighted by atomic mass is 32.1. The van der Waals surface area contributed by atoms with E-state index in [2.05, 4.69) is 20.3 Å². The van der Waals surface area contributed by atoms with Gasteiger partial charge in [-0.1, -0.05) is 0 Å². The van der Waals surface area contributed by atoms with Gasteiger partial charge in [0.05, 0.1) is 24.4 Å². The van der Waals surface area contributed by atoms with Crippen molar-refractivity contribution in [1.82, 2.24) is 15.0 Å². The third-order valence-corrected chi connectivity index (χ3v) is 2.67. The monoisotopic (exact) mass is 250 g/mol. The Morgan fingerprint density at radius 2 is 2.29 bits per heavy atom. The molecule has 0 fully saturated rings. The maximum Gasteiger partial charge on any atom is 0.226 e. The van der Waals surface area contributed by atoms with E-state index in [-0.39, 0.29) is 0 Å². The molecule has 0 aliphatic rings. The van der Waals surface area contributed by atoms with Gasteiger partial charge >= 0.3 is 0 Å². The Kier molecular flexibility index (Phi) is 3.87. The Hall–Kier alpha value is -1.69. The highest BCUT2D eigenvalue weighted by Gasteiger charge is 2.03. The van der Waals surface area contributed by atoms with Crippen LogP contribution in [0.2, 0.25) is 0 Å². The van der Waals surface area contributed by atoms with E-state index in [4.69, 9.17) is 4.74 Å². The van der Waals surface area contributed by atoms with Gasteiger partial charge in [-0.3, -0.25) is 0 Å². The van der Waals surface area contributed by atoms with Crippen molar-refractivity contribution in [3.8, 4) is 5.88 Å². The molecule has 0 aliphatic carbocycles. The number of thiazole rings is 1. The summed E-state index contributed by atoms with van der Waals surface area (Å²) in [5.74, 6) is 1.17. The number of aromatic nitrogens is 3. The normalized spacial score (nSPS) is 10.2. The second kappa shape index (κ2) is 5.58. The van der Waals surface area contributed by atoms with Gasteiger partial charge in [-0.15, -0.1) is 11.3 Å². The van der Waals surface area contributed by atoms with Gasteiger partial charge in [-0.25, -0.2) is 9.97 Å². The molecule has 0 amide bonds. The molecule has 0 radical (unpaired) electrons. The van der Waals surface area contributed by atoms with Gasteiger partial charge in [0.1, 0.15) is 0 Å². The van der Waals surface area contributed by atoms with Crippen LogP contribution in [0.5, 0.6) is 5.88 Å². The van der Waals surface area contributed by atoms with Crippen molar-refractivity contribution in [3.05, 3.63) is 28.3 Å². The molecule has 17 heavy (non-hydrogen) atoms. The van der Waals surface area contributed by atoms with Gasteiger partial charge in [-0.2, -0.15) is 4.98 Å².